The van der Waals surface area contributed by atoms with Gasteiger partial charge in [0.1, 0.15) is 0 Å². The highest BCUT2D eigenvalue weighted by atomic mass is 32.2. The molecule has 5 heteroatoms. The Labute approximate surface area is 114 Å². The van der Waals surface area contributed by atoms with E-state index in [1.807, 2.05) is 13.8 Å². The molecule has 0 heterocycles. The van der Waals surface area contributed by atoms with Crippen molar-refractivity contribution in [3.63, 3.8) is 0 Å². The molecule has 0 radical (unpaired) electrons. The van der Waals surface area contributed by atoms with Gasteiger partial charge in [0.25, 0.3) is 10.0 Å². The van der Waals surface area contributed by atoms with Crippen LogP contribution in [0.1, 0.15) is 31.7 Å². The molecule has 1 aliphatic carbocycles. The predicted octanol–water partition coefficient (Wildman–Crippen LogP) is 2.31. The number of nitrogens with zero attached hydrogens (tertiary/aromatic N) is 1. The lowest BCUT2D eigenvalue weighted by atomic mass is 9.87. The Kier molecular flexibility index (Phi) is 4.06. The van der Waals surface area contributed by atoms with Crippen molar-refractivity contribution in [2.75, 3.05) is 0 Å². The first-order valence-corrected chi connectivity index (χ1v) is 7.90. The third-order valence-corrected chi connectivity index (χ3v) is 4.92. The first-order valence-electron chi connectivity index (χ1n) is 6.46. The van der Waals surface area contributed by atoms with Crippen LogP contribution in [0.25, 0.3) is 0 Å². The largest absolute Gasteiger partial charge is 0.392 e. The van der Waals surface area contributed by atoms with Crippen LogP contribution < -0.4 is 0 Å². The van der Waals surface area contributed by atoms with Gasteiger partial charge in [-0.25, -0.2) is 0 Å². The summed E-state index contributed by atoms with van der Waals surface area (Å²) in [7, 11) is -3.64. The smallest absolute Gasteiger partial charge is 0.282 e. The molecule has 1 aromatic carbocycles. The van der Waals surface area contributed by atoms with Crippen molar-refractivity contribution in [1.82, 2.24) is 0 Å². The lowest BCUT2D eigenvalue weighted by Gasteiger charge is -2.25. The molecule has 1 aliphatic rings. The molecule has 0 saturated heterocycles. The lowest BCUT2D eigenvalue weighted by Crippen LogP contribution is -2.28. The third-order valence-electron chi connectivity index (χ3n) is 3.56. The van der Waals surface area contributed by atoms with Gasteiger partial charge in [0.15, 0.2) is 0 Å². The van der Waals surface area contributed by atoms with Crippen LogP contribution in [-0.2, 0) is 10.0 Å². The highest BCUT2D eigenvalue weighted by Gasteiger charge is 2.24. The summed E-state index contributed by atoms with van der Waals surface area (Å²) in [4.78, 5) is 0.207. The molecular weight excluding hydrogens is 262 g/mol. The minimum Gasteiger partial charge on any atom is -0.392 e. The maximum absolute atomic E-state index is 12.1. The fourth-order valence-electron chi connectivity index (χ4n) is 2.15. The molecule has 1 N–H and O–H groups in total. The van der Waals surface area contributed by atoms with Crippen LogP contribution >= 0.6 is 0 Å². The van der Waals surface area contributed by atoms with Gasteiger partial charge in [-0.3, -0.25) is 0 Å². The molecule has 104 valence electrons. The molecule has 1 fully saturated rings. The molecule has 1 saturated carbocycles. The Bertz CT molecular complexity index is 575. The summed E-state index contributed by atoms with van der Waals surface area (Å²) in [6, 6.07) is 6.64. The number of aliphatic hydroxyl groups is 1. The minimum absolute atomic E-state index is 0.207. The quantitative estimate of drug-likeness (QED) is 0.904. The first kappa shape index (κ1) is 14.2. The molecule has 19 heavy (non-hydrogen) atoms. The Balaban J connectivity index is 2.24. The Morgan fingerprint density at radius 1 is 1.26 bits per heavy atom. The molecule has 0 spiro atoms. The average Bonchev–Trinajstić information content (AvgIpc) is 2.34. The molecule has 1 aromatic rings. The minimum atomic E-state index is -3.64. The highest BCUT2D eigenvalue weighted by molar-refractivity contribution is 7.90. The molecule has 2 rings (SSSR count). The van der Waals surface area contributed by atoms with E-state index in [4.69, 9.17) is 0 Å². The van der Waals surface area contributed by atoms with Crippen LogP contribution in [0.2, 0.25) is 0 Å². The number of aliphatic hydroxyl groups excluding tert-OH is 1. The standard InChI is InChI=1S/C14H19NO3S/c1-10-3-7-13(8-4-10)19(17,18)15-12-6-5-11(2)14(16)9-12/h3-4,7-8,11,14,16H,5-6,9H2,1-2H3/b15-12+/t11-,14-/m1/s1. The first-order chi connectivity index (χ1) is 8.88. The molecule has 0 unspecified atom stereocenters. The molecule has 0 bridgehead atoms. The Morgan fingerprint density at radius 2 is 1.89 bits per heavy atom. The normalized spacial score (nSPS) is 26.6. The Hall–Kier alpha value is -1.20. The number of benzene rings is 1. The van der Waals surface area contributed by atoms with Crippen molar-refractivity contribution in [3.8, 4) is 0 Å². The summed E-state index contributed by atoms with van der Waals surface area (Å²) in [5, 5.41) is 9.78. The fraction of sp³-hybridized carbons (Fsp3) is 0.500. The third kappa shape index (κ3) is 3.42. The molecular formula is C14H19NO3S. The van der Waals surface area contributed by atoms with Crippen LogP contribution in [0.3, 0.4) is 0 Å². The van der Waals surface area contributed by atoms with Crippen LogP contribution in [0.4, 0.5) is 0 Å². The molecule has 0 amide bonds. The van der Waals surface area contributed by atoms with Crippen molar-refractivity contribution in [2.24, 2.45) is 10.3 Å². The zero-order chi connectivity index (χ0) is 14.0. The maximum atomic E-state index is 12.1. The summed E-state index contributed by atoms with van der Waals surface area (Å²) < 4.78 is 28.1. The van der Waals surface area contributed by atoms with Gasteiger partial charge in [-0.1, -0.05) is 24.6 Å². The second-order valence-electron chi connectivity index (χ2n) is 5.23. The van der Waals surface area contributed by atoms with E-state index >= 15 is 0 Å². The van der Waals surface area contributed by atoms with Crippen molar-refractivity contribution in [1.29, 1.82) is 0 Å². The van der Waals surface area contributed by atoms with Crippen LogP contribution in [0.5, 0.6) is 0 Å². The maximum Gasteiger partial charge on any atom is 0.282 e. The number of hydrogen-bond donors (Lipinski definition) is 1. The van der Waals surface area contributed by atoms with Crippen molar-refractivity contribution in [2.45, 2.75) is 44.1 Å². The second-order valence-corrected chi connectivity index (χ2v) is 6.84. The number of hydrogen-bond acceptors (Lipinski definition) is 3. The van der Waals surface area contributed by atoms with E-state index in [-0.39, 0.29) is 10.8 Å². The van der Waals surface area contributed by atoms with Crippen LogP contribution in [-0.4, -0.2) is 25.3 Å². The Morgan fingerprint density at radius 3 is 2.47 bits per heavy atom. The average molecular weight is 281 g/mol. The SMILES string of the molecule is Cc1ccc(S(=O)(=O)/N=C2\CC[C@@H](C)[C@H](O)C2)cc1. The summed E-state index contributed by atoms with van der Waals surface area (Å²) in [6.07, 6.45) is 1.29. The zero-order valence-electron chi connectivity index (χ0n) is 11.2. The summed E-state index contributed by atoms with van der Waals surface area (Å²) >= 11 is 0. The van der Waals surface area contributed by atoms with E-state index in [0.717, 1.165) is 12.0 Å². The van der Waals surface area contributed by atoms with Gasteiger partial charge >= 0.3 is 0 Å². The van der Waals surface area contributed by atoms with Gasteiger partial charge in [-0.2, -0.15) is 12.8 Å². The molecule has 0 aromatic heterocycles. The molecule has 0 aliphatic heterocycles. The summed E-state index contributed by atoms with van der Waals surface area (Å²) in [6.45, 7) is 3.87. The van der Waals surface area contributed by atoms with Crippen molar-refractivity contribution >= 4 is 15.7 Å². The van der Waals surface area contributed by atoms with Crippen molar-refractivity contribution in [3.05, 3.63) is 29.8 Å². The van der Waals surface area contributed by atoms with Gasteiger partial charge in [-0.05, 0) is 37.8 Å². The van der Waals surface area contributed by atoms with E-state index < -0.39 is 16.1 Å². The monoisotopic (exact) mass is 281 g/mol. The van der Waals surface area contributed by atoms with Gasteiger partial charge in [-0.15, -0.1) is 0 Å². The van der Waals surface area contributed by atoms with E-state index in [9.17, 15) is 13.5 Å². The molecule has 4 nitrogen and oxygen atoms in total. The summed E-state index contributed by atoms with van der Waals surface area (Å²) in [5.41, 5.74) is 1.58. The van der Waals surface area contributed by atoms with Crippen LogP contribution in [0, 0.1) is 12.8 Å². The predicted molar refractivity (Wildman–Crippen MR) is 74.8 cm³/mol. The van der Waals surface area contributed by atoms with Crippen LogP contribution in [0.15, 0.2) is 33.6 Å². The number of sulfonamides is 1. The highest BCUT2D eigenvalue weighted by Crippen LogP contribution is 2.24. The van der Waals surface area contributed by atoms with E-state index in [1.165, 1.54) is 0 Å². The second kappa shape index (κ2) is 5.43. The molecule has 2 atom stereocenters. The van der Waals surface area contributed by atoms with Gasteiger partial charge < -0.3 is 5.11 Å². The lowest BCUT2D eigenvalue weighted by molar-refractivity contribution is 0.111. The topological polar surface area (TPSA) is 66.7 Å². The zero-order valence-corrected chi connectivity index (χ0v) is 12.0. The van der Waals surface area contributed by atoms with E-state index in [0.29, 0.717) is 18.6 Å². The van der Waals surface area contributed by atoms with E-state index in [2.05, 4.69) is 4.40 Å². The van der Waals surface area contributed by atoms with Gasteiger partial charge in [0.2, 0.25) is 0 Å². The van der Waals surface area contributed by atoms with Gasteiger partial charge in [0, 0.05) is 12.1 Å². The fourth-order valence-corrected chi connectivity index (χ4v) is 3.24. The number of rotatable bonds is 2. The van der Waals surface area contributed by atoms with Gasteiger partial charge in [0.05, 0.1) is 11.0 Å². The van der Waals surface area contributed by atoms with Crippen molar-refractivity contribution < 1.29 is 13.5 Å². The number of aryl methyl sites for hydroxylation is 1. The summed E-state index contributed by atoms with van der Waals surface area (Å²) in [5.74, 6) is 0.209. The van der Waals surface area contributed by atoms with E-state index in [1.54, 1.807) is 24.3 Å².